The second-order valence-corrected chi connectivity index (χ2v) is 7.68. The van der Waals surface area contributed by atoms with E-state index in [9.17, 15) is 8.42 Å². The van der Waals surface area contributed by atoms with Crippen molar-refractivity contribution < 1.29 is 13.2 Å². The summed E-state index contributed by atoms with van der Waals surface area (Å²) in [7, 11) is -1.50. The highest BCUT2D eigenvalue weighted by Gasteiger charge is 2.28. The van der Waals surface area contributed by atoms with E-state index in [4.69, 9.17) is 4.74 Å². The van der Waals surface area contributed by atoms with Crippen molar-refractivity contribution in [1.29, 1.82) is 0 Å². The maximum Gasteiger partial charge on any atom is 0.214 e. The fourth-order valence-corrected chi connectivity index (χ4v) is 3.95. The van der Waals surface area contributed by atoms with Gasteiger partial charge >= 0.3 is 0 Å². The first-order chi connectivity index (χ1) is 8.95. The van der Waals surface area contributed by atoms with Crippen molar-refractivity contribution in [2.75, 3.05) is 39.1 Å². The molecule has 0 spiro atoms. The van der Waals surface area contributed by atoms with E-state index in [-0.39, 0.29) is 5.75 Å². The standard InChI is InChI=1S/C13H28N2O3S/c1-12(2)14-10-13-6-4-7-15(11-13)19(16,17)9-5-8-18-3/h12-14H,4-11H2,1-3H3. The Morgan fingerprint density at radius 1 is 1.42 bits per heavy atom. The molecule has 1 aliphatic heterocycles. The van der Waals surface area contributed by atoms with Gasteiger partial charge in [-0.25, -0.2) is 12.7 Å². The molecule has 6 heteroatoms. The lowest BCUT2D eigenvalue weighted by molar-refractivity contribution is 0.198. The molecule has 0 amide bonds. The first-order valence-electron chi connectivity index (χ1n) is 7.16. The van der Waals surface area contributed by atoms with Crippen LogP contribution in [0.1, 0.15) is 33.1 Å². The van der Waals surface area contributed by atoms with Crippen LogP contribution in [0.2, 0.25) is 0 Å². The molecule has 114 valence electrons. The Labute approximate surface area is 117 Å². The summed E-state index contributed by atoms with van der Waals surface area (Å²) in [6, 6.07) is 0.452. The minimum atomic E-state index is -3.10. The van der Waals surface area contributed by atoms with Gasteiger partial charge < -0.3 is 10.1 Å². The molecule has 0 aromatic rings. The topological polar surface area (TPSA) is 58.6 Å². The predicted octanol–water partition coefficient (Wildman–Crippen LogP) is 1.06. The van der Waals surface area contributed by atoms with Gasteiger partial charge in [-0.05, 0) is 31.7 Å². The lowest BCUT2D eigenvalue weighted by Gasteiger charge is -2.32. The van der Waals surface area contributed by atoms with Crippen LogP contribution in [0.4, 0.5) is 0 Å². The van der Waals surface area contributed by atoms with Crippen LogP contribution < -0.4 is 5.32 Å². The largest absolute Gasteiger partial charge is 0.385 e. The van der Waals surface area contributed by atoms with Crippen molar-refractivity contribution in [3.05, 3.63) is 0 Å². The van der Waals surface area contributed by atoms with E-state index in [0.717, 1.165) is 19.4 Å². The third-order valence-electron chi connectivity index (χ3n) is 3.44. The van der Waals surface area contributed by atoms with E-state index in [1.54, 1.807) is 11.4 Å². The van der Waals surface area contributed by atoms with Gasteiger partial charge in [0.05, 0.1) is 5.75 Å². The molecule has 0 aromatic carbocycles. The van der Waals surface area contributed by atoms with E-state index in [1.165, 1.54) is 0 Å². The maximum atomic E-state index is 12.2. The first-order valence-corrected chi connectivity index (χ1v) is 8.76. The molecular weight excluding hydrogens is 264 g/mol. The number of nitrogens with zero attached hydrogens (tertiary/aromatic N) is 1. The predicted molar refractivity (Wildman–Crippen MR) is 77.7 cm³/mol. The monoisotopic (exact) mass is 292 g/mol. The lowest BCUT2D eigenvalue weighted by atomic mass is 9.99. The van der Waals surface area contributed by atoms with Crippen LogP contribution in [0.5, 0.6) is 0 Å². The van der Waals surface area contributed by atoms with Crippen LogP contribution >= 0.6 is 0 Å². The van der Waals surface area contributed by atoms with Crippen molar-refractivity contribution in [1.82, 2.24) is 9.62 Å². The smallest absolute Gasteiger partial charge is 0.214 e. The zero-order valence-corrected chi connectivity index (χ0v) is 13.2. The van der Waals surface area contributed by atoms with E-state index in [1.807, 2.05) is 0 Å². The molecule has 1 N–H and O–H groups in total. The average molecular weight is 292 g/mol. The summed E-state index contributed by atoms with van der Waals surface area (Å²) in [5.41, 5.74) is 0. The van der Waals surface area contributed by atoms with Gasteiger partial charge in [0.1, 0.15) is 0 Å². The molecule has 19 heavy (non-hydrogen) atoms. The minimum absolute atomic E-state index is 0.200. The molecule has 1 fully saturated rings. The molecule has 5 nitrogen and oxygen atoms in total. The van der Waals surface area contributed by atoms with Gasteiger partial charge in [-0.2, -0.15) is 0 Å². The van der Waals surface area contributed by atoms with Gasteiger partial charge in [-0.1, -0.05) is 13.8 Å². The number of methoxy groups -OCH3 is 1. The summed E-state index contributed by atoms with van der Waals surface area (Å²) < 4.78 is 31.0. The first kappa shape index (κ1) is 16.9. The molecule has 0 radical (unpaired) electrons. The SMILES string of the molecule is COCCCS(=O)(=O)N1CCCC(CNC(C)C)C1. The molecule has 1 unspecified atom stereocenters. The van der Waals surface area contributed by atoms with Crippen molar-refractivity contribution >= 4 is 10.0 Å². The number of ether oxygens (including phenoxy) is 1. The number of piperidine rings is 1. The quantitative estimate of drug-likeness (QED) is 0.680. The van der Waals surface area contributed by atoms with Crippen molar-refractivity contribution in [3.8, 4) is 0 Å². The third-order valence-corrected chi connectivity index (χ3v) is 5.36. The summed E-state index contributed by atoms with van der Waals surface area (Å²) in [6.07, 6.45) is 2.65. The fraction of sp³-hybridized carbons (Fsp3) is 1.00. The average Bonchev–Trinajstić information content (AvgIpc) is 2.37. The van der Waals surface area contributed by atoms with Crippen molar-refractivity contribution in [2.24, 2.45) is 5.92 Å². The highest BCUT2D eigenvalue weighted by atomic mass is 32.2. The molecular formula is C13H28N2O3S. The van der Waals surface area contributed by atoms with Crippen molar-refractivity contribution in [2.45, 2.75) is 39.2 Å². The lowest BCUT2D eigenvalue weighted by Crippen LogP contribution is -2.44. The van der Waals surface area contributed by atoms with Gasteiger partial charge in [0.15, 0.2) is 0 Å². The van der Waals surface area contributed by atoms with Gasteiger partial charge in [0.25, 0.3) is 0 Å². The van der Waals surface area contributed by atoms with Gasteiger partial charge in [0, 0.05) is 32.8 Å². The highest BCUT2D eigenvalue weighted by Crippen LogP contribution is 2.19. The maximum absolute atomic E-state index is 12.2. The normalized spacial score (nSPS) is 22.0. The Kier molecular flexibility index (Phi) is 7.28. The number of rotatable bonds is 8. The Bertz CT molecular complexity index is 344. The Balaban J connectivity index is 2.44. The van der Waals surface area contributed by atoms with Crippen LogP contribution in [-0.2, 0) is 14.8 Å². The van der Waals surface area contributed by atoms with E-state index in [2.05, 4.69) is 19.2 Å². The van der Waals surface area contributed by atoms with Crippen LogP contribution in [0.15, 0.2) is 0 Å². The van der Waals surface area contributed by atoms with Gasteiger partial charge in [-0.15, -0.1) is 0 Å². The van der Waals surface area contributed by atoms with Crippen LogP contribution in [-0.4, -0.2) is 57.9 Å². The summed E-state index contributed by atoms with van der Waals surface area (Å²) in [6.45, 7) is 6.97. The van der Waals surface area contributed by atoms with E-state index >= 15 is 0 Å². The van der Waals surface area contributed by atoms with Crippen LogP contribution in [0, 0.1) is 5.92 Å². The summed E-state index contributed by atoms with van der Waals surface area (Å²) in [4.78, 5) is 0. The second-order valence-electron chi connectivity index (χ2n) is 5.59. The third kappa shape index (κ3) is 6.21. The number of hydrogen-bond donors (Lipinski definition) is 1. The Morgan fingerprint density at radius 2 is 2.16 bits per heavy atom. The number of sulfonamides is 1. The molecule has 1 aliphatic rings. The molecule has 1 atom stereocenters. The van der Waals surface area contributed by atoms with Crippen LogP contribution in [0.3, 0.4) is 0 Å². The van der Waals surface area contributed by atoms with Crippen molar-refractivity contribution in [3.63, 3.8) is 0 Å². The molecule has 0 aromatic heterocycles. The summed E-state index contributed by atoms with van der Waals surface area (Å²) in [5.74, 6) is 0.638. The molecule has 0 aliphatic carbocycles. The minimum Gasteiger partial charge on any atom is -0.385 e. The zero-order chi connectivity index (χ0) is 14.3. The Morgan fingerprint density at radius 3 is 2.79 bits per heavy atom. The van der Waals surface area contributed by atoms with Crippen LogP contribution in [0.25, 0.3) is 0 Å². The highest BCUT2D eigenvalue weighted by molar-refractivity contribution is 7.89. The fourth-order valence-electron chi connectivity index (χ4n) is 2.36. The molecule has 1 saturated heterocycles. The number of hydrogen-bond acceptors (Lipinski definition) is 4. The molecule has 0 saturated carbocycles. The summed E-state index contributed by atoms with van der Waals surface area (Å²) in [5, 5.41) is 3.40. The van der Waals surface area contributed by atoms with Gasteiger partial charge in [-0.3, -0.25) is 0 Å². The van der Waals surface area contributed by atoms with E-state index < -0.39 is 10.0 Å². The number of nitrogens with one attached hydrogen (secondary N) is 1. The molecule has 1 rings (SSSR count). The second kappa shape index (κ2) is 8.19. The summed E-state index contributed by atoms with van der Waals surface area (Å²) >= 11 is 0. The zero-order valence-electron chi connectivity index (χ0n) is 12.4. The molecule has 0 bridgehead atoms. The Hall–Kier alpha value is -0.170. The molecule has 1 heterocycles. The van der Waals surface area contributed by atoms with E-state index in [0.29, 0.717) is 38.1 Å². The van der Waals surface area contributed by atoms with Gasteiger partial charge in [0.2, 0.25) is 10.0 Å².